The summed E-state index contributed by atoms with van der Waals surface area (Å²) < 4.78 is 26.5. The van der Waals surface area contributed by atoms with Crippen LogP contribution in [0.25, 0.3) is 0 Å². The fourth-order valence-corrected chi connectivity index (χ4v) is 4.05. The molecule has 18 heavy (non-hydrogen) atoms. The molecular formula is C14H19F2NS. The molecule has 0 saturated heterocycles. The highest BCUT2D eigenvalue weighted by molar-refractivity contribution is 8.00. The van der Waals surface area contributed by atoms with Gasteiger partial charge in [0.15, 0.2) is 0 Å². The number of hydrogen-bond donors (Lipinski definition) is 1. The molecule has 0 radical (unpaired) electrons. The van der Waals surface area contributed by atoms with Gasteiger partial charge in [-0.25, -0.2) is 8.78 Å². The van der Waals surface area contributed by atoms with Gasteiger partial charge >= 0.3 is 0 Å². The highest BCUT2D eigenvalue weighted by atomic mass is 32.2. The van der Waals surface area contributed by atoms with Crippen molar-refractivity contribution in [1.29, 1.82) is 0 Å². The van der Waals surface area contributed by atoms with Crippen molar-refractivity contribution in [3.63, 3.8) is 0 Å². The summed E-state index contributed by atoms with van der Waals surface area (Å²) in [7, 11) is 0. The van der Waals surface area contributed by atoms with Gasteiger partial charge in [0, 0.05) is 16.2 Å². The third-order valence-corrected chi connectivity index (χ3v) is 5.13. The van der Waals surface area contributed by atoms with Crippen LogP contribution in [0.5, 0.6) is 0 Å². The Morgan fingerprint density at radius 1 is 1.33 bits per heavy atom. The molecule has 0 spiro atoms. The lowest BCUT2D eigenvalue weighted by Gasteiger charge is -2.33. The van der Waals surface area contributed by atoms with Gasteiger partial charge in [-0.05, 0) is 43.4 Å². The summed E-state index contributed by atoms with van der Waals surface area (Å²) >= 11 is 1.51. The van der Waals surface area contributed by atoms with Gasteiger partial charge in [0.2, 0.25) is 0 Å². The third kappa shape index (κ3) is 3.23. The van der Waals surface area contributed by atoms with Crippen molar-refractivity contribution in [2.45, 2.75) is 36.3 Å². The Hall–Kier alpha value is -0.610. The maximum absolute atomic E-state index is 13.6. The van der Waals surface area contributed by atoms with Gasteiger partial charge < -0.3 is 5.73 Å². The van der Waals surface area contributed by atoms with Crippen LogP contribution in [0.15, 0.2) is 23.1 Å². The number of benzene rings is 1. The van der Waals surface area contributed by atoms with Crippen molar-refractivity contribution in [1.82, 2.24) is 0 Å². The van der Waals surface area contributed by atoms with Crippen molar-refractivity contribution in [3.05, 3.63) is 29.8 Å². The fraction of sp³-hybridized carbons (Fsp3) is 0.571. The Labute approximate surface area is 111 Å². The van der Waals surface area contributed by atoms with E-state index in [0.717, 1.165) is 18.9 Å². The van der Waals surface area contributed by atoms with Gasteiger partial charge in [0.1, 0.15) is 11.6 Å². The largest absolute Gasteiger partial charge is 0.330 e. The van der Waals surface area contributed by atoms with Crippen LogP contribution < -0.4 is 5.73 Å². The molecule has 0 heterocycles. The molecule has 1 aliphatic carbocycles. The van der Waals surface area contributed by atoms with E-state index in [1.165, 1.54) is 30.3 Å². The highest BCUT2D eigenvalue weighted by Crippen LogP contribution is 2.40. The first-order chi connectivity index (χ1) is 8.60. The van der Waals surface area contributed by atoms with Gasteiger partial charge in [-0.3, -0.25) is 0 Å². The molecule has 4 heteroatoms. The first-order valence-electron chi connectivity index (χ1n) is 6.42. The smallest absolute Gasteiger partial charge is 0.139 e. The summed E-state index contributed by atoms with van der Waals surface area (Å²) in [6.07, 6.45) is 3.37. The van der Waals surface area contributed by atoms with E-state index < -0.39 is 11.6 Å². The van der Waals surface area contributed by atoms with E-state index >= 15 is 0 Å². The zero-order valence-corrected chi connectivity index (χ0v) is 11.4. The number of halogens is 2. The van der Waals surface area contributed by atoms with Crippen LogP contribution in [-0.4, -0.2) is 11.8 Å². The number of rotatable bonds is 3. The van der Waals surface area contributed by atoms with Crippen molar-refractivity contribution < 1.29 is 8.78 Å². The zero-order chi connectivity index (χ0) is 13.1. The van der Waals surface area contributed by atoms with Crippen LogP contribution in [0.2, 0.25) is 0 Å². The van der Waals surface area contributed by atoms with E-state index in [4.69, 9.17) is 5.73 Å². The normalized spacial score (nSPS) is 28.3. The predicted molar refractivity (Wildman–Crippen MR) is 71.6 cm³/mol. The first kappa shape index (κ1) is 13.8. The molecule has 1 aliphatic rings. The Bertz CT molecular complexity index is 411. The monoisotopic (exact) mass is 271 g/mol. The van der Waals surface area contributed by atoms with Gasteiger partial charge in [-0.2, -0.15) is 0 Å². The fourth-order valence-electron chi connectivity index (χ4n) is 2.54. The second-order valence-corrected chi connectivity index (χ2v) is 6.43. The second-order valence-electron chi connectivity index (χ2n) is 5.15. The molecular weight excluding hydrogens is 252 g/mol. The molecule has 0 aliphatic heterocycles. The Kier molecular flexibility index (Phi) is 4.62. The van der Waals surface area contributed by atoms with E-state index in [1.54, 1.807) is 0 Å². The zero-order valence-electron chi connectivity index (χ0n) is 10.5. The van der Waals surface area contributed by atoms with Crippen molar-refractivity contribution in [2.24, 2.45) is 17.6 Å². The molecule has 0 aromatic heterocycles. The average molecular weight is 271 g/mol. The van der Waals surface area contributed by atoms with Crippen LogP contribution in [0.1, 0.15) is 26.2 Å². The van der Waals surface area contributed by atoms with Crippen LogP contribution in [0.4, 0.5) is 8.78 Å². The number of nitrogens with two attached hydrogens (primary N) is 1. The molecule has 1 nitrogen and oxygen atoms in total. The first-order valence-corrected chi connectivity index (χ1v) is 7.30. The summed E-state index contributed by atoms with van der Waals surface area (Å²) in [5.41, 5.74) is 5.79. The molecule has 1 fully saturated rings. The molecule has 0 bridgehead atoms. The summed E-state index contributed by atoms with van der Waals surface area (Å²) in [5.74, 6) is 0.114. The van der Waals surface area contributed by atoms with E-state index in [9.17, 15) is 8.78 Å². The minimum absolute atomic E-state index is 0.346. The van der Waals surface area contributed by atoms with Gasteiger partial charge in [0.05, 0.1) is 0 Å². The lowest BCUT2D eigenvalue weighted by Crippen LogP contribution is -2.31. The SMILES string of the molecule is CC1CCC(CN)C(Sc2ccc(F)cc2F)C1. The lowest BCUT2D eigenvalue weighted by molar-refractivity contribution is 0.306. The molecule has 1 aromatic carbocycles. The van der Waals surface area contributed by atoms with Gasteiger partial charge in [-0.15, -0.1) is 11.8 Å². The second kappa shape index (κ2) is 6.02. The number of hydrogen-bond acceptors (Lipinski definition) is 2. The van der Waals surface area contributed by atoms with Crippen molar-refractivity contribution in [2.75, 3.05) is 6.54 Å². The van der Waals surface area contributed by atoms with Gasteiger partial charge in [-0.1, -0.05) is 13.3 Å². The third-order valence-electron chi connectivity index (χ3n) is 3.67. The van der Waals surface area contributed by atoms with E-state index in [1.807, 2.05) is 0 Å². The van der Waals surface area contributed by atoms with Gasteiger partial charge in [0.25, 0.3) is 0 Å². The average Bonchev–Trinajstić information content (AvgIpc) is 2.33. The van der Waals surface area contributed by atoms with E-state index in [2.05, 4.69) is 6.92 Å². The minimum atomic E-state index is -0.524. The summed E-state index contributed by atoms with van der Waals surface area (Å²) in [5, 5.41) is 0.346. The van der Waals surface area contributed by atoms with Crippen molar-refractivity contribution >= 4 is 11.8 Å². The van der Waals surface area contributed by atoms with Crippen LogP contribution >= 0.6 is 11.8 Å². The van der Waals surface area contributed by atoms with Crippen LogP contribution in [0.3, 0.4) is 0 Å². The summed E-state index contributed by atoms with van der Waals surface area (Å²) in [6.45, 7) is 2.87. The molecule has 3 unspecified atom stereocenters. The van der Waals surface area contributed by atoms with Crippen LogP contribution in [0, 0.1) is 23.5 Å². The quantitative estimate of drug-likeness (QED) is 0.904. The minimum Gasteiger partial charge on any atom is -0.330 e. The molecule has 1 aromatic rings. The molecule has 2 rings (SSSR count). The Morgan fingerprint density at radius 3 is 2.78 bits per heavy atom. The predicted octanol–water partition coefficient (Wildman–Crippen LogP) is 3.82. The maximum Gasteiger partial charge on any atom is 0.139 e. The summed E-state index contributed by atoms with van der Waals surface area (Å²) in [4.78, 5) is 0.536. The topological polar surface area (TPSA) is 26.0 Å². The van der Waals surface area contributed by atoms with E-state index in [0.29, 0.717) is 28.5 Å². The Balaban J connectivity index is 2.10. The Morgan fingerprint density at radius 2 is 2.11 bits per heavy atom. The maximum atomic E-state index is 13.6. The molecule has 2 N–H and O–H groups in total. The molecule has 3 atom stereocenters. The standard InChI is InChI=1S/C14H19F2NS/c1-9-2-3-10(8-17)14(6-9)18-13-5-4-11(15)7-12(13)16/h4-5,7,9-10,14H,2-3,6,8,17H2,1H3. The molecule has 0 amide bonds. The number of thioether (sulfide) groups is 1. The summed E-state index contributed by atoms with van der Waals surface area (Å²) in [6, 6.07) is 3.79. The van der Waals surface area contributed by atoms with Crippen LogP contribution in [-0.2, 0) is 0 Å². The lowest BCUT2D eigenvalue weighted by atomic mass is 9.82. The highest BCUT2D eigenvalue weighted by Gasteiger charge is 2.29. The molecule has 1 saturated carbocycles. The van der Waals surface area contributed by atoms with E-state index in [-0.39, 0.29) is 0 Å². The molecule has 100 valence electrons. The van der Waals surface area contributed by atoms with Crippen molar-refractivity contribution in [3.8, 4) is 0 Å².